The smallest absolute Gasteiger partial charge is 0.212 e. The Balaban J connectivity index is 1.82. The van der Waals surface area contributed by atoms with E-state index in [2.05, 4.69) is 92.0 Å². The molecular formula is C21H21N2S+. The molecule has 2 nitrogen and oxygen atoms in total. The van der Waals surface area contributed by atoms with Crippen LogP contribution in [0.4, 0.5) is 5.69 Å². The molecule has 3 heteroatoms. The molecule has 1 aromatic heterocycles. The van der Waals surface area contributed by atoms with E-state index in [-0.39, 0.29) is 0 Å². The predicted molar refractivity (Wildman–Crippen MR) is 103 cm³/mol. The number of benzene rings is 2. The fraction of sp³-hybridized carbons (Fsp3) is 0.190. The summed E-state index contributed by atoms with van der Waals surface area (Å²) in [6.07, 6.45) is 2.29. The molecule has 0 amide bonds. The molecule has 0 saturated carbocycles. The molecule has 2 heterocycles. The van der Waals surface area contributed by atoms with Crippen molar-refractivity contribution in [3.8, 4) is 0 Å². The highest BCUT2D eigenvalue weighted by Crippen LogP contribution is 2.48. The molecule has 0 fully saturated rings. The summed E-state index contributed by atoms with van der Waals surface area (Å²) >= 11 is 1.87. The van der Waals surface area contributed by atoms with Gasteiger partial charge in [-0.1, -0.05) is 36.0 Å². The van der Waals surface area contributed by atoms with Crippen LogP contribution in [0.1, 0.15) is 16.8 Å². The Hall–Kier alpha value is -2.26. The van der Waals surface area contributed by atoms with E-state index >= 15 is 0 Å². The third kappa shape index (κ3) is 2.31. The molecule has 1 aliphatic rings. The lowest BCUT2D eigenvalue weighted by atomic mass is 10.1. The predicted octanol–water partition coefficient (Wildman–Crippen LogP) is 4.82. The van der Waals surface area contributed by atoms with Crippen LogP contribution in [-0.2, 0) is 7.05 Å². The Morgan fingerprint density at radius 1 is 0.958 bits per heavy atom. The van der Waals surface area contributed by atoms with E-state index < -0.39 is 0 Å². The van der Waals surface area contributed by atoms with Gasteiger partial charge in [0.25, 0.3) is 0 Å². The van der Waals surface area contributed by atoms with E-state index in [9.17, 15) is 0 Å². The van der Waals surface area contributed by atoms with E-state index in [1.165, 1.54) is 43.3 Å². The van der Waals surface area contributed by atoms with Gasteiger partial charge in [-0.3, -0.25) is 0 Å². The molecule has 3 aromatic rings. The van der Waals surface area contributed by atoms with E-state index in [0.717, 1.165) is 0 Å². The quantitative estimate of drug-likeness (QED) is 0.589. The number of hydrogen-bond donors (Lipinski definition) is 0. The number of fused-ring (bicyclic) bond motifs is 2. The Labute approximate surface area is 147 Å². The summed E-state index contributed by atoms with van der Waals surface area (Å²) in [5, 5.41) is 2.54. The second kappa shape index (κ2) is 5.67. The third-order valence-corrected chi connectivity index (χ3v) is 6.11. The lowest BCUT2D eigenvalue weighted by molar-refractivity contribution is -0.646. The van der Waals surface area contributed by atoms with Gasteiger partial charge in [0.15, 0.2) is 0 Å². The van der Waals surface area contributed by atoms with Crippen molar-refractivity contribution in [3.05, 3.63) is 70.4 Å². The largest absolute Gasteiger partial charge is 0.338 e. The number of pyridine rings is 1. The number of rotatable bonds is 1. The second-order valence-corrected chi connectivity index (χ2v) is 7.43. The summed E-state index contributed by atoms with van der Waals surface area (Å²) < 4.78 is 2.26. The van der Waals surface area contributed by atoms with Crippen molar-refractivity contribution in [2.24, 2.45) is 7.05 Å². The van der Waals surface area contributed by atoms with E-state index in [4.69, 9.17) is 0 Å². The minimum Gasteiger partial charge on any atom is -0.338 e. The Morgan fingerprint density at radius 3 is 2.50 bits per heavy atom. The highest BCUT2D eigenvalue weighted by atomic mass is 32.2. The SMILES string of the molecule is Cc1ccc(C)c2c1S/C(=C\c1ccc3ccccc3[n+]1C)N2C. The van der Waals surface area contributed by atoms with Crippen molar-refractivity contribution in [1.82, 2.24) is 0 Å². The zero-order valence-corrected chi connectivity index (χ0v) is 15.3. The average molecular weight is 333 g/mol. The topological polar surface area (TPSA) is 7.12 Å². The third-order valence-electron chi connectivity index (χ3n) is 4.79. The molecule has 0 radical (unpaired) electrons. The van der Waals surface area contributed by atoms with Gasteiger partial charge in [-0.05, 0) is 37.1 Å². The molecule has 1 aliphatic heterocycles. The summed E-state index contributed by atoms with van der Waals surface area (Å²) in [5.41, 5.74) is 6.49. The van der Waals surface area contributed by atoms with Crippen molar-refractivity contribution >= 4 is 34.4 Å². The van der Waals surface area contributed by atoms with Gasteiger partial charge in [0.1, 0.15) is 7.05 Å². The van der Waals surface area contributed by atoms with Crippen LogP contribution in [0.25, 0.3) is 17.0 Å². The first-order valence-corrected chi connectivity index (χ1v) is 8.99. The molecule has 0 aliphatic carbocycles. The molecule has 0 bridgehead atoms. The van der Waals surface area contributed by atoms with Crippen LogP contribution >= 0.6 is 11.8 Å². The van der Waals surface area contributed by atoms with Gasteiger partial charge >= 0.3 is 0 Å². The molecular weight excluding hydrogens is 312 g/mol. The lowest BCUT2D eigenvalue weighted by Crippen LogP contribution is -2.32. The minimum absolute atomic E-state index is 1.21. The molecule has 0 saturated heterocycles. The van der Waals surface area contributed by atoms with Crippen molar-refractivity contribution < 1.29 is 4.57 Å². The number of hydrogen-bond acceptors (Lipinski definition) is 2. The van der Waals surface area contributed by atoms with Gasteiger partial charge in [-0.25, -0.2) is 0 Å². The maximum Gasteiger partial charge on any atom is 0.212 e. The lowest BCUT2D eigenvalue weighted by Gasteiger charge is -2.15. The average Bonchev–Trinajstić information content (AvgIpc) is 2.92. The highest BCUT2D eigenvalue weighted by Gasteiger charge is 2.26. The maximum absolute atomic E-state index is 2.32. The summed E-state index contributed by atoms with van der Waals surface area (Å²) in [5.74, 6) is 0. The van der Waals surface area contributed by atoms with Gasteiger partial charge in [0, 0.05) is 35.5 Å². The summed E-state index contributed by atoms with van der Waals surface area (Å²) in [4.78, 5) is 3.70. The van der Waals surface area contributed by atoms with Gasteiger partial charge in [0.2, 0.25) is 11.2 Å². The van der Waals surface area contributed by atoms with Crippen molar-refractivity contribution in [2.75, 3.05) is 11.9 Å². The molecule has 0 N–H and O–H groups in total. The molecule has 0 unspecified atom stereocenters. The number of aryl methyl sites for hydroxylation is 3. The van der Waals surface area contributed by atoms with Crippen molar-refractivity contribution in [3.63, 3.8) is 0 Å². The summed E-state index contributed by atoms with van der Waals surface area (Å²) in [6, 6.07) is 17.3. The number of anilines is 1. The van der Waals surface area contributed by atoms with Crippen LogP contribution in [0.2, 0.25) is 0 Å². The monoisotopic (exact) mass is 333 g/mol. The van der Waals surface area contributed by atoms with E-state index in [1.54, 1.807) is 0 Å². The molecule has 24 heavy (non-hydrogen) atoms. The van der Waals surface area contributed by atoms with E-state index in [0.29, 0.717) is 0 Å². The molecule has 0 spiro atoms. The number of nitrogens with zero attached hydrogens (tertiary/aromatic N) is 2. The van der Waals surface area contributed by atoms with Gasteiger partial charge in [-0.2, -0.15) is 4.57 Å². The van der Waals surface area contributed by atoms with Crippen LogP contribution in [0.15, 0.2) is 58.5 Å². The highest BCUT2D eigenvalue weighted by molar-refractivity contribution is 8.04. The number of aromatic nitrogens is 1. The number of thioether (sulfide) groups is 1. The first kappa shape index (κ1) is 15.3. The van der Waals surface area contributed by atoms with Crippen molar-refractivity contribution in [2.45, 2.75) is 18.7 Å². The Kier molecular flexibility index (Phi) is 3.61. The first-order valence-electron chi connectivity index (χ1n) is 8.17. The maximum atomic E-state index is 2.32. The van der Waals surface area contributed by atoms with Crippen LogP contribution in [-0.4, -0.2) is 7.05 Å². The molecule has 120 valence electrons. The van der Waals surface area contributed by atoms with Crippen LogP contribution in [0.5, 0.6) is 0 Å². The fourth-order valence-corrected chi connectivity index (χ4v) is 4.60. The molecule has 4 rings (SSSR count). The van der Waals surface area contributed by atoms with Crippen molar-refractivity contribution in [1.29, 1.82) is 0 Å². The molecule has 0 atom stereocenters. The fourth-order valence-electron chi connectivity index (χ4n) is 3.36. The zero-order chi connectivity index (χ0) is 16.8. The minimum atomic E-state index is 1.21. The van der Waals surface area contributed by atoms with Gasteiger partial charge in [0.05, 0.1) is 10.7 Å². The zero-order valence-electron chi connectivity index (χ0n) is 14.5. The standard InChI is InChI=1S/C21H21N2S/c1-14-9-10-15(2)21-20(14)23(4)19(24-21)13-17-12-11-16-7-5-6-8-18(16)22(17)3/h5-13H,1-4H3/q+1. The van der Waals surface area contributed by atoms with Gasteiger partial charge in [-0.15, -0.1) is 0 Å². The number of para-hydroxylation sites is 1. The first-order chi connectivity index (χ1) is 11.6. The molecule has 2 aromatic carbocycles. The Morgan fingerprint density at radius 2 is 1.71 bits per heavy atom. The van der Waals surface area contributed by atoms with Crippen LogP contribution in [0, 0.1) is 13.8 Å². The summed E-state index contributed by atoms with van der Waals surface area (Å²) in [7, 11) is 4.30. The normalized spacial score (nSPS) is 15.3. The summed E-state index contributed by atoms with van der Waals surface area (Å²) in [6.45, 7) is 4.38. The van der Waals surface area contributed by atoms with Crippen LogP contribution < -0.4 is 9.47 Å². The van der Waals surface area contributed by atoms with Crippen LogP contribution in [0.3, 0.4) is 0 Å². The second-order valence-electron chi connectivity index (χ2n) is 6.40. The van der Waals surface area contributed by atoms with E-state index in [1.807, 2.05) is 11.8 Å². The Bertz CT molecular complexity index is 989. The van der Waals surface area contributed by atoms with Gasteiger partial charge < -0.3 is 4.90 Å².